The maximum absolute atomic E-state index is 11.9. The van der Waals surface area contributed by atoms with E-state index in [-0.39, 0.29) is 17.4 Å². The number of benzene rings is 2. The summed E-state index contributed by atoms with van der Waals surface area (Å²) in [4.78, 5) is 23.7. The number of nitrogens with one attached hydrogen (secondary N) is 1. The third kappa shape index (κ3) is 3.72. The lowest BCUT2D eigenvalue weighted by molar-refractivity contribution is -0.119. The molecule has 0 atom stereocenters. The van der Waals surface area contributed by atoms with E-state index in [2.05, 4.69) is 5.32 Å². The highest BCUT2D eigenvalue weighted by atomic mass is 35.5. The average Bonchev–Trinajstić information content (AvgIpc) is 3.03. The summed E-state index contributed by atoms with van der Waals surface area (Å²) >= 11 is 11.6. The summed E-state index contributed by atoms with van der Waals surface area (Å²) in [6.45, 7) is -0.290. The van der Waals surface area contributed by atoms with E-state index < -0.39 is 18.5 Å². The molecule has 0 bridgehead atoms. The van der Waals surface area contributed by atoms with Crippen LogP contribution in [0.4, 0.5) is 5.69 Å². The van der Waals surface area contributed by atoms with E-state index in [1.165, 1.54) is 18.2 Å². The Morgan fingerprint density at radius 1 is 1.04 bits per heavy atom. The topological polar surface area (TPSA) is 73.9 Å². The van der Waals surface area contributed by atoms with Crippen molar-refractivity contribution in [2.45, 2.75) is 0 Å². The number of rotatable bonds is 4. The van der Waals surface area contributed by atoms with Gasteiger partial charge in [-0.2, -0.15) is 0 Å². The van der Waals surface area contributed by atoms with Gasteiger partial charge in [0.2, 0.25) is 6.79 Å². The van der Waals surface area contributed by atoms with E-state index in [9.17, 15) is 9.59 Å². The summed E-state index contributed by atoms with van der Waals surface area (Å²) in [5.74, 6) is -0.00340. The molecule has 0 unspecified atom stereocenters. The molecule has 0 fully saturated rings. The molecule has 2 aromatic rings. The Kier molecular flexibility index (Phi) is 4.78. The van der Waals surface area contributed by atoms with Gasteiger partial charge >= 0.3 is 5.97 Å². The summed E-state index contributed by atoms with van der Waals surface area (Å²) < 4.78 is 15.3. The van der Waals surface area contributed by atoms with Gasteiger partial charge in [0.25, 0.3) is 5.91 Å². The van der Waals surface area contributed by atoms with E-state index in [1.54, 1.807) is 18.2 Å². The number of hydrogen-bond acceptors (Lipinski definition) is 5. The Morgan fingerprint density at radius 3 is 2.62 bits per heavy atom. The monoisotopic (exact) mass is 367 g/mol. The van der Waals surface area contributed by atoms with Gasteiger partial charge in [0.05, 0.1) is 15.6 Å². The van der Waals surface area contributed by atoms with Crippen molar-refractivity contribution in [1.82, 2.24) is 0 Å². The maximum atomic E-state index is 11.9. The number of amides is 1. The maximum Gasteiger partial charge on any atom is 0.338 e. The van der Waals surface area contributed by atoms with Gasteiger partial charge in [0.15, 0.2) is 18.1 Å². The van der Waals surface area contributed by atoms with Gasteiger partial charge < -0.3 is 19.5 Å². The highest BCUT2D eigenvalue weighted by Gasteiger charge is 2.15. The van der Waals surface area contributed by atoms with Crippen LogP contribution in [0.3, 0.4) is 0 Å². The van der Waals surface area contributed by atoms with Crippen LogP contribution in [0.5, 0.6) is 11.5 Å². The summed E-state index contributed by atoms with van der Waals surface area (Å²) in [5.41, 5.74) is 0.718. The molecule has 6 nitrogen and oxygen atoms in total. The third-order valence-corrected chi connectivity index (χ3v) is 3.89. The van der Waals surface area contributed by atoms with Crippen LogP contribution in [-0.4, -0.2) is 25.3 Å². The van der Waals surface area contributed by atoms with Crippen molar-refractivity contribution in [3.63, 3.8) is 0 Å². The van der Waals surface area contributed by atoms with Crippen LogP contribution in [0.2, 0.25) is 10.0 Å². The normalized spacial score (nSPS) is 11.9. The Balaban J connectivity index is 1.55. The largest absolute Gasteiger partial charge is 0.454 e. The van der Waals surface area contributed by atoms with Crippen LogP contribution in [0.15, 0.2) is 36.4 Å². The standard InChI is InChI=1S/C16H11Cl2NO5/c17-11-3-1-9(5-12(11)18)16(21)22-7-15(20)19-10-2-4-13-14(6-10)24-8-23-13/h1-6H,7-8H2,(H,19,20). The zero-order chi connectivity index (χ0) is 17.1. The second kappa shape index (κ2) is 6.98. The van der Waals surface area contributed by atoms with Gasteiger partial charge in [-0.25, -0.2) is 4.79 Å². The lowest BCUT2D eigenvalue weighted by atomic mass is 10.2. The number of hydrogen-bond donors (Lipinski definition) is 1. The molecular formula is C16H11Cl2NO5. The SMILES string of the molecule is O=C(COC(=O)c1ccc(Cl)c(Cl)c1)Nc1ccc2c(c1)OCO2. The van der Waals surface area contributed by atoms with Crippen molar-refractivity contribution in [1.29, 1.82) is 0 Å². The van der Waals surface area contributed by atoms with E-state index in [1.807, 2.05) is 0 Å². The van der Waals surface area contributed by atoms with Gasteiger partial charge in [0, 0.05) is 11.8 Å². The third-order valence-electron chi connectivity index (χ3n) is 3.15. The Bertz CT molecular complexity index is 809. The quantitative estimate of drug-likeness (QED) is 0.836. The number of ether oxygens (including phenoxy) is 3. The molecular weight excluding hydrogens is 357 g/mol. The highest BCUT2D eigenvalue weighted by molar-refractivity contribution is 6.42. The Morgan fingerprint density at radius 2 is 1.83 bits per heavy atom. The number of carbonyl (C=O) groups is 2. The van der Waals surface area contributed by atoms with Crippen molar-refractivity contribution in [2.75, 3.05) is 18.7 Å². The van der Waals surface area contributed by atoms with Crippen molar-refractivity contribution in [3.05, 3.63) is 52.0 Å². The van der Waals surface area contributed by atoms with Crippen molar-refractivity contribution in [3.8, 4) is 11.5 Å². The van der Waals surface area contributed by atoms with Crippen LogP contribution >= 0.6 is 23.2 Å². The van der Waals surface area contributed by atoms with Crippen molar-refractivity contribution >= 4 is 40.8 Å². The molecule has 8 heteroatoms. The van der Waals surface area contributed by atoms with Crippen LogP contribution < -0.4 is 14.8 Å². The molecule has 2 aromatic carbocycles. The van der Waals surface area contributed by atoms with Gasteiger partial charge in [-0.3, -0.25) is 4.79 Å². The van der Waals surface area contributed by atoms with Crippen molar-refractivity contribution in [2.24, 2.45) is 0 Å². The van der Waals surface area contributed by atoms with Gasteiger partial charge in [-0.15, -0.1) is 0 Å². The summed E-state index contributed by atoms with van der Waals surface area (Å²) in [5, 5.41) is 3.16. The highest BCUT2D eigenvalue weighted by Crippen LogP contribution is 2.34. The average molecular weight is 368 g/mol. The number of esters is 1. The van der Waals surface area contributed by atoms with E-state index in [4.69, 9.17) is 37.4 Å². The number of carbonyl (C=O) groups excluding carboxylic acids is 2. The minimum atomic E-state index is -0.672. The fourth-order valence-electron chi connectivity index (χ4n) is 2.01. The second-order valence-corrected chi connectivity index (χ2v) is 5.64. The lowest BCUT2D eigenvalue weighted by Gasteiger charge is -2.08. The smallest absolute Gasteiger partial charge is 0.338 e. The molecule has 0 aromatic heterocycles. The first-order valence-corrected chi connectivity index (χ1v) is 7.60. The van der Waals surface area contributed by atoms with Crippen LogP contribution in [0.25, 0.3) is 0 Å². The molecule has 0 aliphatic carbocycles. The summed E-state index contributed by atoms with van der Waals surface area (Å²) in [7, 11) is 0. The zero-order valence-electron chi connectivity index (χ0n) is 12.2. The molecule has 124 valence electrons. The minimum Gasteiger partial charge on any atom is -0.454 e. The van der Waals surface area contributed by atoms with Crippen molar-refractivity contribution < 1.29 is 23.8 Å². The first kappa shape index (κ1) is 16.4. The van der Waals surface area contributed by atoms with Crippen LogP contribution in [0, 0.1) is 0 Å². The van der Waals surface area contributed by atoms with E-state index in [0.29, 0.717) is 22.2 Å². The first-order chi connectivity index (χ1) is 11.5. The van der Waals surface area contributed by atoms with Crippen LogP contribution in [-0.2, 0) is 9.53 Å². The molecule has 1 N–H and O–H groups in total. The lowest BCUT2D eigenvalue weighted by Crippen LogP contribution is -2.20. The number of anilines is 1. The molecule has 1 aliphatic rings. The molecule has 1 aliphatic heterocycles. The molecule has 0 saturated carbocycles. The molecule has 3 rings (SSSR count). The second-order valence-electron chi connectivity index (χ2n) is 4.82. The summed E-state index contributed by atoms with van der Waals surface area (Å²) in [6, 6.07) is 9.29. The molecule has 24 heavy (non-hydrogen) atoms. The molecule has 0 saturated heterocycles. The predicted molar refractivity (Wildman–Crippen MR) is 87.9 cm³/mol. The Hall–Kier alpha value is -2.44. The minimum absolute atomic E-state index is 0.147. The van der Waals surface area contributed by atoms with Gasteiger partial charge in [0.1, 0.15) is 0 Å². The number of halogens is 2. The van der Waals surface area contributed by atoms with E-state index in [0.717, 1.165) is 0 Å². The number of fused-ring (bicyclic) bond motifs is 1. The molecule has 1 heterocycles. The van der Waals surface area contributed by atoms with E-state index >= 15 is 0 Å². The first-order valence-electron chi connectivity index (χ1n) is 6.84. The fourth-order valence-corrected chi connectivity index (χ4v) is 2.31. The fraction of sp³-hybridized carbons (Fsp3) is 0.125. The van der Waals surface area contributed by atoms with Gasteiger partial charge in [-0.1, -0.05) is 23.2 Å². The Labute approximate surface area is 147 Å². The van der Waals surface area contributed by atoms with Gasteiger partial charge in [-0.05, 0) is 30.3 Å². The zero-order valence-corrected chi connectivity index (χ0v) is 13.7. The predicted octanol–water partition coefficient (Wildman–Crippen LogP) is 3.52. The summed E-state index contributed by atoms with van der Waals surface area (Å²) in [6.07, 6.45) is 0. The molecule has 0 spiro atoms. The molecule has 1 amide bonds. The van der Waals surface area contributed by atoms with Crippen LogP contribution in [0.1, 0.15) is 10.4 Å². The molecule has 0 radical (unpaired) electrons.